The monoisotopic (exact) mass is 429 g/mol. The molecule has 0 aliphatic heterocycles. The van der Waals surface area contributed by atoms with Crippen molar-refractivity contribution in [1.29, 1.82) is 0 Å². The van der Waals surface area contributed by atoms with E-state index < -0.39 is 5.91 Å². The first-order valence-electron chi connectivity index (χ1n) is 8.27. The second-order valence-electron chi connectivity index (χ2n) is 5.88. The second-order valence-corrected chi connectivity index (χ2v) is 7.13. The fourth-order valence-electron chi connectivity index (χ4n) is 2.52. The van der Waals surface area contributed by atoms with Gasteiger partial charge in [0.2, 0.25) is 5.91 Å². The van der Waals surface area contributed by atoms with Gasteiger partial charge in [0.25, 0.3) is 0 Å². The first kappa shape index (κ1) is 20.2. The van der Waals surface area contributed by atoms with E-state index in [1.54, 1.807) is 60.7 Å². The summed E-state index contributed by atoms with van der Waals surface area (Å²) in [6, 6.07) is 18.6. The number of anilines is 1. The van der Waals surface area contributed by atoms with Crippen molar-refractivity contribution >= 4 is 58.3 Å². The molecule has 0 aliphatic rings. The highest BCUT2D eigenvalue weighted by molar-refractivity contribution is 6.42. The van der Waals surface area contributed by atoms with Crippen molar-refractivity contribution < 1.29 is 9.59 Å². The number of carbonyl (C=O) groups is 2. The zero-order chi connectivity index (χ0) is 20.1. The molecule has 0 radical (unpaired) electrons. The Morgan fingerprint density at radius 1 is 0.821 bits per heavy atom. The van der Waals surface area contributed by atoms with Crippen LogP contribution in [0.2, 0.25) is 15.1 Å². The number of halogens is 3. The Balaban J connectivity index is 1.82. The minimum Gasteiger partial charge on any atom is -0.322 e. The Morgan fingerprint density at radius 3 is 2.29 bits per heavy atom. The predicted molar refractivity (Wildman–Crippen MR) is 115 cm³/mol. The van der Waals surface area contributed by atoms with Gasteiger partial charge in [-0.3, -0.25) is 9.59 Å². The molecular weight excluding hydrogens is 417 g/mol. The highest BCUT2D eigenvalue weighted by atomic mass is 35.5. The maximum atomic E-state index is 12.8. The van der Waals surface area contributed by atoms with Crippen molar-refractivity contribution in [2.24, 2.45) is 0 Å². The molecule has 0 fully saturated rings. The molecule has 0 spiro atoms. The minimum absolute atomic E-state index is 0.230. The van der Waals surface area contributed by atoms with Crippen LogP contribution in [0.1, 0.15) is 21.5 Å². The molecule has 0 atom stereocenters. The lowest BCUT2D eigenvalue weighted by Crippen LogP contribution is -2.12. The van der Waals surface area contributed by atoms with Gasteiger partial charge in [-0.1, -0.05) is 71.2 Å². The quantitative estimate of drug-likeness (QED) is 0.369. The van der Waals surface area contributed by atoms with Crippen molar-refractivity contribution in [1.82, 2.24) is 0 Å². The van der Waals surface area contributed by atoms with E-state index in [-0.39, 0.29) is 5.78 Å². The lowest BCUT2D eigenvalue weighted by molar-refractivity contribution is -0.111. The molecule has 0 aliphatic carbocycles. The van der Waals surface area contributed by atoms with Crippen molar-refractivity contribution in [2.75, 3.05) is 5.32 Å². The summed E-state index contributed by atoms with van der Waals surface area (Å²) in [5, 5.41) is 3.97. The fraction of sp³-hybridized carbons (Fsp3) is 0. The third-order valence-electron chi connectivity index (χ3n) is 3.89. The maximum Gasteiger partial charge on any atom is 0.248 e. The van der Waals surface area contributed by atoms with Crippen LogP contribution in [0.25, 0.3) is 6.08 Å². The smallest absolute Gasteiger partial charge is 0.248 e. The normalized spacial score (nSPS) is 10.8. The molecular formula is C22H14Cl3NO2. The van der Waals surface area contributed by atoms with Crippen LogP contribution >= 0.6 is 34.8 Å². The SMILES string of the molecule is O=C(C=Cc1ccc(Cl)c(Cl)c1)Nc1ccc(Cl)cc1C(=O)c1ccccc1. The zero-order valence-electron chi connectivity index (χ0n) is 14.5. The number of hydrogen-bond donors (Lipinski definition) is 1. The van der Waals surface area contributed by atoms with Crippen LogP contribution in [0.3, 0.4) is 0 Å². The molecule has 0 saturated heterocycles. The van der Waals surface area contributed by atoms with Crippen LogP contribution < -0.4 is 5.32 Å². The van der Waals surface area contributed by atoms with Gasteiger partial charge in [0, 0.05) is 22.2 Å². The molecule has 0 aromatic heterocycles. The largest absolute Gasteiger partial charge is 0.322 e. The van der Waals surface area contributed by atoms with E-state index in [2.05, 4.69) is 5.32 Å². The van der Waals surface area contributed by atoms with E-state index >= 15 is 0 Å². The summed E-state index contributed by atoms with van der Waals surface area (Å²) >= 11 is 17.9. The molecule has 3 rings (SSSR count). The predicted octanol–water partition coefficient (Wildman–Crippen LogP) is 6.53. The summed E-state index contributed by atoms with van der Waals surface area (Å²) in [4.78, 5) is 25.1. The zero-order valence-corrected chi connectivity index (χ0v) is 16.7. The molecule has 1 amide bonds. The summed E-state index contributed by atoms with van der Waals surface area (Å²) in [5.74, 6) is -0.623. The van der Waals surface area contributed by atoms with Crippen molar-refractivity contribution in [2.45, 2.75) is 0 Å². The van der Waals surface area contributed by atoms with Crippen LogP contribution in [-0.2, 0) is 4.79 Å². The molecule has 3 nitrogen and oxygen atoms in total. The Kier molecular flexibility index (Phi) is 6.53. The Morgan fingerprint density at radius 2 is 1.57 bits per heavy atom. The number of amides is 1. The summed E-state index contributed by atoms with van der Waals surface area (Å²) < 4.78 is 0. The molecule has 28 heavy (non-hydrogen) atoms. The number of rotatable bonds is 5. The van der Waals surface area contributed by atoms with E-state index in [1.165, 1.54) is 12.1 Å². The van der Waals surface area contributed by atoms with Gasteiger partial charge in [0.1, 0.15) is 0 Å². The molecule has 140 valence electrons. The average Bonchev–Trinajstić information content (AvgIpc) is 2.70. The lowest BCUT2D eigenvalue weighted by atomic mass is 10.0. The van der Waals surface area contributed by atoms with Gasteiger partial charge in [-0.05, 0) is 42.0 Å². The summed E-state index contributed by atoms with van der Waals surface area (Å²) in [6.45, 7) is 0. The fourth-order valence-corrected chi connectivity index (χ4v) is 3.00. The van der Waals surface area contributed by atoms with Gasteiger partial charge in [0.05, 0.1) is 15.7 Å². The van der Waals surface area contributed by atoms with Crippen LogP contribution in [0.15, 0.2) is 72.8 Å². The molecule has 0 unspecified atom stereocenters. The lowest BCUT2D eigenvalue weighted by Gasteiger charge is -2.10. The van der Waals surface area contributed by atoms with Crippen LogP contribution in [-0.4, -0.2) is 11.7 Å². The van der Waals surface area contributed by atoms with E-state index in [4.69, 9.17) is 34.8 Å². The van der Waals surface area contributed by atoms with Gasteiger partial charge < -0.3 is 5.32 Å². The highest BCUT2D eigenvalue weighted by Gasteiger charge is 2.15. The van der Waals surface area contributed by atoms with E-state index in [0.29, 0.717) is 31.9 Å². The Bertz CT molecular complexity index is 1060. The molecule has 0 heterocycles. The molecule has 0 saturated carbocycles. The molecule has 3 aromatic carbocycles. The summed E-state index contributed by atoms with van der Waals surface area (Å²) in [7, 11) is 0. The number of benzene rings is 3. The molecule has 3 aromatic rings. The molecule has 0 bridgehead atoms. The van der Waals surface area contributed by atoms with Gasteiger partial charge in [-0.2, -0.15) is 0 Å². The van der Waals surface area contributed by atoms with Gasteiger partial charge in [-0.25, -0.2) is 0 Å². The minimum atomic E-state index is -0.393. The highest BCUT2D eigenvalue weighted by Crippen LogP contribution is 2.25. The van der Waals surface area contributed by atoms with Crippen LogP contribution in [0, 0.1) is 0 Å². The maximum absolute atomic E-state index is 12.8. The third-order valence-corrected chi connectivity index (χ3v) is 4.87. The van der Waals surface area contributed by atoms with E-state index in [9.17, 15) is 9.59 Å². The van der Waals surface area contributed by atoms with Crippen LogP contribution in [0.5, 0.6) is 0 Å². The molecule has 6 heteroatoms. The van der Waals surface area contributed by atoms with Gasteiger partial charge >= 0.3 is 0 Å². The summed E-state index contributed by atoms with van der Waals surface area (Å²) in [5.41, 5.74) is 1.92. The second kappa shape index (κ2) is 9.07. The number of hydrogen-bond acceptors (Lipinski definition) is 2. The average molecular weight is 431 g/mol. The Hall–Kier alpha value is -2.59. The van der Waals surface area contributed by atoms with Crippen molar-refractivity contribution in [3.63, 3.8) is 0 Å². The first-order chi connectivity index (χ1) is 13.4. The van der Waals surface area contributed by atoms with Crippen molar-refractivity contribution in [3.8, 4) is 0 Å². The van der Waals surface area contributed by atoms with Gasteiger partial charge in [-0.15, -0.1) is 0 Å². The number of nitrogens with one attached hydrogen (secondary N) is 1. The Labute approximate surface area is 177 Å². The molecule has 1 N–H and O–H groups in total. The number of ketones is 1. The van der Waals surface area contributed by atoms with Crippen LogP contribution in [0.4, 0.5) is 5.69 Å². The van der Waals surface area contributed by atoms with Gasteiger partial charge in [0.15, 0.2) is 5.78 Å². The van der Waals surface area contributed by atoms with E-state index in [0.717, 1.165) is 5.56 Å². The third kappa shape index (κ3) is 5.02. The first-order valence-corrected chi connectivity index (χ1v) is 9.41. The number of carbonyl (C=O) groups excluding carboxylic acids is 2. The standard InChI is InChI=1S/C22H14Cl3NO2/c23-16-8-10-20(17(13-16)22(28)15-4-2-1-3-5-15)26-21(27)11-7-14-6-9-18(24)19(25)12-14/h1-13H,(H,26,27). The van der Waals surface area contributed by atoms with Crippen molar-refractivity contribution in [3.05, 3.63) is 105 Å². The summed E-state index contributed by atoms with van der Waals surface area (Å²) in [6.07, 6.45) is 2.96. The van der Waals surface area contributed by atoms with E-state index in [1.807, 2.05) is 6.07 Å². The topological polar surface area (TPSA) is 46.2 Å².